The van der Waals surface area contributed by atoms with E-state index in [1.165, 1.54) is 12.1 Å². The van der Waals surface area contributed by atoms with Gasteiger partial charge in [0, 0.05) is 5.56 Å². The van der Waals surface area contributed by atoms with Crippen molar-refractivity contribution in [1.29, 1.82) is 0 Å². The predicted octanol–water partition coefficient (Wildman–Crippen LogP) is 3.77. The van der Waals surface area contributed by atoms with Gasteiger partial charge < -0.3 is 9.47 Å². The molecule has 0 aliphatic carbocycles. The molecule has 0 fully saturated rings. The van der Waals surface area contributed by atoms with E-state index in [0.717, 1.165) is 0 Å². The smallest absolute Gasteiger partial charge is 0.343 e. The van der Waals surface area contributed by atoms with Gasteiger partial charge in [0.2, 0.25) is 0 Å². The first kappa shape index (κ1) is 15.1. The summed E-state index contributed by atoms with van der Waals surface area (Å²) in [5, 5.41) is 0.146. The van der Waals surface area contributed by atoms with Gasteiger partial charge in [0.25, 0.3) is 0 Å². The Hall–Kier alpha value is -2.33. The summed E-state index contributed by atoms with van der Waals surface area (Å²) in [6.07, 6.45) is 0.650. The zero-order valence-corrected chi connectivity index (χ0v) is 12.1. The molecule has 0 unspecified atom stereocenters. The number of ether oxygens (including phenoxy) is 2. The van der Waals surface area contributed by atoms with E-state index in [2.05, 4.69) is 0 Å². The third kappa shape index (κ3) is 3.61. The summed E-state index contributed by atoms with van der Waals surface area (Å²) in [6.45, 7) is 2.14. The average Bonchev–Trinajstić information content (AvgIpc) is 2.51. The molecule has 4 nitrogen and oxygen atoms in total. The van der Waals surface area contributed by atoms with Crippen LogP contribution < -0.4 is 9.47 Å². The summed E-state index contributed by atoms with van der Waals surface area (Å²) >= 11 is 6.06. The second-order valence-electron chi connectivity index (χ2n) is 4.14. The first-order valence-corrected chi connectivity index (χ1v) is 6.72. The number of hydrogen-bond acceptors (Lipinski definition) is 4. The molecule has 0 bridgehead atoms. The first-order valence-electron chi connectivity index (χ1n) is 6.34. The van der Waals surface area contributed by atoms with Gasteiger partial charge in [0.15, 0.2) is 11.5 Å². The molecule has 2 rings (SSSR count). The molecule has 0 saturated heterocycles. The number of hydrogen-bond donors (Lipinski definition) is 0. The molecule has 0 saturated carbocycles. The lowest BCUT2D eigenvalue weighted by molar-refractivity contribution is 0.0728. The van der Waals surface area contributed by atoms with E-state index < -0.39 is 5.97 Å². The van der Waals surface area contributed by atoms with Crippen LogP contribution in [-0.2, 0) is 0 Å². The Balaban J connectivity index is 2.34. The molecule has 21 heavy (non-hydrogen) atoms. The fraction of sp³-hybridized carbons (Fsp3) is 0.125. The number of carbonyl (C=O) groups excluding carboxylic acids is 2. The maximum absolute atomic E-state index is 12.1. The van der Waals surface area contributed by atoms with Gasteiger partial charge in [-0.05, 0) is 31.2 Å². The summed E-state index contributed by atoms with van der Waals surface area (Å²) in [5.74, 6) is -0.174. The van der Waals surface area contributed by atoms with E-state index in [4.69, 9.17) is 21.1 Å². The van der Waals surface area contributed by atoms with Crippen LogP contribution >= 0.6 is 11.6 Å². The highest BCUT2D eigenvalue weighted by Crippen LogP contribution is 2.36. The molecule has 0 aliphatic heterocycles. The van der Waals surface area contributed by atoms with Gasteiger partial charge in [-0.15, -0.1) is 0 Å². The van der Waals surface area contributed by atoms with Crippen molar-refractivity contribution >= 4 is 23.9 Å². The first-order chi connectivity index (χ1) is 10.2. The monoisotopic (exact) mass is 304 g/mol. The predicted molar refractivity (Wildman–Crippen MR) is 79.4 cm³/mol. The largest absolute Gasteiger partial charge is 0.490 e. The van der Waals surface area contributed by atoms with Crippen LogP contribution in [0.2, 0.25) is 5.02 Å². The van der Waals surface area contributed by atoms with E-state index in [9.17, 15) is 9.59 Å². The Morgan fingerprint density at radius 3 is 2.57 bits per heavy atom. The zero-order chi connectivity index (χ0) is 15.2. The van der Waals surface area contributed by atoms with Crippen molar-refractivity contribution in [3.05, 3.63) is 58.6 Å². The molecule has 0 radical (unpaired) electrons. The van der Waals surface area contributed by atoms with Gasteiger partial charge in [-0.2, -0.15) is 0 Å². The minimum atomic E-state index is -0.544. The highest BCUT2D eigenvalue weighted by Gasteiger charge is 2.17. The Morgan fingerprint density at radius 1 is 1.24 bits per heavy atom. The summed E-state index contributed by atoms with van der Waals surface area (Å²) in [6, 6.07) is 11.4. The average molecular weight is 305 g/mol. The van der Waals surface area contributed by atoms with Crippen molar-refractivity contribution in [1.82, 2.24) is 0 Å². The number of rotatable bonds is 5. The topological polar surface area (TPSA) is 52.6 Å². The maximum atomic E-state index is 12.1. The van der Waals surface area contributed by atoms with E-state index in [-0.39, 0.29) is 16.5 Å². The van der Waals surface area contributed by atoms with Crippen LogP contribution in [0, 0.1) is 0 Å². The SMILES string of the molecule is CCOc1cc(C=O)cc(Cl)c1OC(=O)c1ccccc1. The molecule has 0 aromatic heterocycles. The summed E-state index contributed by atoms with van der Waals surface area (Å²) in [4.78, 5) is 22.9. The Bertz CT molecular complexity index is 653. The van der Waals surface area contributed by atoms with Crippen molar-refractivity contribution < 1.29 is 19.1 Å². The van der Waals surface area contributed by atoms with E-state index in [1.54, 1.807) is 37.3 Å². The molecule has 0 amide bonds. The van der Waals surface area contributed by atoms with Crippen LogP contribution in [0.1, 0.15) is 27.6 Å². The standard InChI is InChI=1S/C16H13ClO4/c1-2-20-14-9-11(10-18)8-13(17)15(14)21-16(19)12-6-4-3-5-7-12/h3-10H,2H2,1H3. The van der Waals surface area contributed by atoms with Gasteiger partial charge in [-0.3, -0.25) is 4.79 Å². The Morgan fingerprint density at radius 2 is 1.95 bits per heavy atom. The van der Waals surface area contributed by atoms with Crippen LogP contribution in [0.3, 0.4) is 0 Å². The summed E-state index contributed by atoms with van der Waals surface area (Å²) < 4.78 is 10.7. The van der Waals surface area contributed by atoms with Crippen LogP contribution in [0.25, 0.3) is 0 Å². The van der Waals surface area contributed by atoms with Crippen molar-refractivity contribution in [2.24, 2.45) is 0 Å². The van der Waals surface area contributed by atoms with Gasteiger partial charge in [-0.1, -0.05) is 29.8 Å². The van der Waals surface area contributed by atoms with Gasteiger partial charge in [0.05, 0.1) is 17.2 Å². The van der Waals surface area contributed by atoms with Crippen molar-refractivity contribution in [3.63, 3.8) is 0 Å². The molecule has 0 N–H and O–H groups in total. The number of halogens is 1. The minimum absolute atomic E-state index is 0.109. The highest BCUT2D eigenvalue weighted by atomic mass is 35.5. The van der Waals surface area contributed by atoms with Gasteiger partial charge in [-0.25, -0.2) is 4.79 Å². The van der Waals surface area contributed by atoms with E-state index >= 15 is 0 Å². The lowest BCUT2D eigenvalue weighted by Crippen LogP contribution is -2.10. The lowest BCUT2D eigenvalue weighted by Gasteiger charge is -2.12. The summed E-state index contributed by atoms with van der Waals surface area (Å²) in [7, 11) is 0. The zero-order valence-electron chi connectivity index (χ0n) is 11.3. The third-order valence-electron chi connectivity index (χ3n) is 2.67. The van der Waals surface area contributed by atoms with Gasteiger partial charge >= 0.3 is 5.97 Å². The molecule has 0 heterocycles. The Labute approximate surface area is 127 Å². The second-order valence-corrected chi connectivity index (χ2v) is 4.54. The Kier molecular flexibility index (Phi) is 4.95. The molecular weight excluding hydrogens is 292 g/mol. The van der Waals surface area contributed by atoms with E-state index in [1.807, 2.05) is 0 Å². The molecule has 0 spiro atoms. The highest BCUT2D eigenvalue weighted by molar-refractivity contribution is 6.32. The quantitative estimate of drug-likeness (QED) is 0.479. The molecule has 108 valence electrons. The fourth-order valence-electron chi connectivity index (χ4n) is 1.74. The van der Waals surface area contributed by atoms with Crippen molar-refractivity contribution in [2.75, 3.05) is 6.61 Å². The number of aldehydes is 1. The molecule has 2 aromatic rings. The fourth-order valence-corrected chi connectivity index (χ4v) is 2.00. The lowest BCUT2D eigenvalue weighted by atomic mass is 10.2. The molecule has 0 aliphatic rings. The normalized spacial score (nSPS) is 10.0. The summed E-state index contributed by atoms with van der Waals surface area (Å²) in [5.41, 5.74) is 0.749. The number of benzene rings is 2. The van der Waals surface area contributed by atoms with Gasteiger partial charge in [0.1, 0.15) is 6.29 Å². The minimum Gasteiger partial charge on any atom is -0.490 e. The van der Waals surface area contributed by atoms with Crippen LogP contribution in [0.4, 0.5) is 0 Å². The maximum Gasteiger partial charge on any atom is 0.343 e. The molecule has 5 heteroatoms. The van der Waals surface area contributed by atoms with E-state index in [0.29, 0.717) is 24.0 Å². The van der Waals surface area contributed by atoms with Crippen LogP contribution in [0.5, 0.6) is 11.5 Å². The molecular formula is C16H13ClO4. The third-order valence-corrected chi connectivity index (χ3v) is 2.95. The molecule has 0 atom stereocenters. The van der Waals surface area contributed by atoms with Crippen molar-refractivity contribution in [3.8, 4) is 11.5 Å². The van der Waals surface area contributed by atoms with Crippen LogP contribution in [0.15, 0.2) is 42.5 Å². The molecule has 2 aromatic carbocycles. The number of carbonyl (C=O) groups is 2. The van der Waals surface area contributed by atoms with Crippen molar-refractivity contribution in [2.45, 2.75) is 6.92 Å². The van der Waals surface area contributed by atoms with Crippen LogP contribution in [-0.4, -0.2) is 18.9 Å². The number of esters is 1. The second kappa shape index (κ2) is 6.90.